The lowest BCUT2D eigenvalue weighted by atomic mass is 9.93. The molecule has 1 atom stereocenters. The Bertz CT molecular complexity index is 330. The van der Waals surface area contributed by atoms with Gasteiger partial charge in [-0.3, -0.25) is 0 Å². The molecule has 1 unspecified atom stereocenters. The van der Waals surface area contributed by atoms with Crippen LogP contribution in [0.15, 0.2) is 61.5 Å². The Balaban J connectivity index is 0.000000187. The van der Waals surface area contributed by atoms with E-state index in [1.54, 1.807) is 12.4 Å². The van der Waals surface area contributed by atoms with Crippen LogP contribution in [-0.4, -0.2) is 15.4 Å². The maximum absolute atomic E-state index is 3.93. The summed E-state index contributed by atoms with van der Waals surface area (Å²) in [5.74, 6) is 0.488. The normalized spacial score (nSPS) is 18.1. The Morgan fingerprint density at radius 2 is 2.07 bits per heavy atom. The number of aromatic amines is 1. The Kier molecular flexibility index (Phi) is 4.87. The molecule has 0 fully saturated rings. The molecule has 0 bridgehead atoms. The lowest BCUT2D eigenvalue weighted by Crippen LogP contribution is -1.98. The Morgan fingerprint density at radius 3 is 2.53 bits per heavy atom. The molecule has 1 aromatic heterocycles. The lowest BCUT2D eigenvalue weighted by molar-refractivity contribution is 0.794. The van der Waals surface area contributed by atoms with Crippen molar-refractivity contribution in [2.75, 3.05) is 0 Å². The van der Waals surface area contributed by atoms with Crippen LogP contribution < -0.4 is 0 Å². The third-order valence-electron chi connectivity index (χ3n) is 1.99. The first kappa shape index (κ1) is 11.2. The van der Waals surface area contributed by atoms with Gasteiger partial charge in [-0.05, 0) is 12.0 Å². The van der Waals surface area contributed by atoms with Gasteiger partial charge in [0.1, 0.15) is 0 Å². The maximum atomic E-state index is 3.93. The monoisotopic (exact) mass is 201 g/mol. The summed E-state index contributed by atoms with van der Waals surface area (Å²) in [6.45, 7) is 7.62. The molecule has 15 heavy (non-hydrogen) atoms. The van der Waals surface area contributed by atoms with Crippen LogP contribution in [0.2, 0.25) is 0 Å². The Hall–Kier alpha value is -1.90. The largest absolute Gasteiger partial charge is 0.198 e. The molecule has 0 saturated heterocycles. The van der Waals surface area contributed by atoms with E-state index < -0.39 is 0 Å². The molecule has 1 aromatic rings. The van der Waals surface area contributed by atoms with Crippen LogP contribution in [0.1, 0.15) is 6.42 Å². The zero-order chi connectivity index (χ0) is 10.9. The van der Waals surface area contributed by atoms with Crippen LogP contribution in [0.5, 0.6) is 0 Å². The number of aromatic nitrogens is 3. The second-order valence-corrected chi connectivity index (χ2v) is 3.11. The summed E-state index contributed by atoms with van der Waals surface area (Å²) in [4.78, 5) is 0. The summed E-state index contributed by atoms with van der Waals surface area (Å²) < 4.78 is 0. The van der Waals surface area contributed by atoms with E-state index in [1.807, 2.05) is 18.2 Å². The number of hydrogen-bond donors (Lipinski definition) is 1. The van der Waals surface area contributed by atoms with E-state index in [2.05, 4.69) is 40.7 Å². The minimum atomic E-state index is 0.488. The molecule has 3 nitrogen and oxygen atoms in total. The second-order valence-electron chi connectivity index (χ2n) is 3.11. The molecule has 0 saturated carbocycles. The molecule has 1 heterocycles. The highest BCUT2D eigenvalue weighted by atomic mass is 15.3. The minimum absolute atomic E-state index is 0.488. The number of allylic oxidation sites excluding steroid dienone is 6. The van der Waals surface area contributed by atoms with E-state index in [4.69, 9.17) is 0 Å². The Morgan fingerprint density at radius 1 is 1.33 bits per heavy atom. The van der Waals surface area contributed by atoms with Crippen molar-refractivity contribution in [2.24, 2.45) is 5.92 Å². The van der Waals surface area contributed by atoms with Crippen LogP contribution in [0, 0.1) is 5.92 Å². The molecule has 0 aromatic carbocycles. The number of hydrogen-bond acceptors (Lipinski definition) is 2. The quantitative estimate of drug-likeness (QED) is 0.747. The maximum Gasteiger partial charge on any atom is 0.0690 e. The fourth-order valence-electron chi connectivity index (χ4n) is 1.20. The van der Waals surface area contributed by atoms with Crippen molar-refractivity contribution in [3.8, 4) is 0 Å². The summed E-state index contributed by atoms with van der Waals surface area (Å²) >= 11 is 0. The van der Waals surface area contributed by atoms with Crippen LogP contribution >= 0.6 is 0 Å². The molecule has 2 rings (SSSR count). The predicted molar refractivity (Wildman–Crippen MR) is 62.1 cm³/mol. The first-order valence-corrected chi connectivity index (χ1v) is 4.79. The number of nitrogens with zero attached hydrogens (tertiary/aromatic N) is 2. The predicted octanol–water partition coefficient (Wildman–Crippen LogP) is 2.67. The highest BCUT2D eigenvalue weighted by Gasteiger charge is 2.05. The van der Waals surface area contributed by atoms with Crippen molar-refractivity contribution in [3.05, 3.63) is 61.5 Å². The first-order valence-electron chi connectivity index (χ1n) is 4.79. The average molecular weight is 201 g/mol. The van der Waals surface area contributed by atoms with Gasteiger partial charge in [0.25, 0.3) is 0 Å². The minimum Gasteiger partial charge on any atom is -0.198 e. The van der Waals surface area contributed by atoms with Crippen LogP contribution in [0.4, 0.5) is 0 Å². The van der Waals surface area contributed by atoms with Gasteiger partial charge < -0.3 is 0 Å². The van der Waals surface area contributed by atoms with Gasteiger partial charge in [-0.25, -0.2) is 0 Å². The summed E-state index contributed by atoms with van der Waals surface area (Å²) in [6, 6.07) is 0. The van der Waals surface area contributed by atoms with Gasteiger partial charge in [0.05, 0.1) is 12.4 Å². The smallest absolute Gasteiger partial charge is 0.0690 e. The molecule has 3 heteroatoms. The first-order chi connectivity index (χ1) is 7.34. The van der Waals surface area contributed by atoms with Gasteiger partial charge >= 0.3 is 0 Å². The van der Waals surface area contributed by atoms with E-state index in [1.165, 1.54) is 5.57 Å². The summed E-state index contributed by atoms with van der Waals surface area (Å²) in [7, 11) is 0. The third-order valence-corrected chi connectivity index (χ3v) is 1.99. The van der Waals surface area contributed by atoms with E-state index in [0.29, 0.717) is 5.92 Å². The second kappa shape index (κ2) is 6.54. The van der Waals surface area contributed by atoms with Crippen molar-refractivity contribution in [1.82, 2.24) is 15.4 Å². The van der Waals surface area contributed by atoms with Crippen molar-refractivity contribution < 1.29 is 0 Å². The molecule has 78 valence electrons. The molecule has 0 radical (unpaired) electrons. The third kappa shape index (κ3) is 4.22. The lowest BCUT2D eigenvalue weighted by Gasteiger charge is -2.12. The average Bonchev–Trinajstić information content (AvgIpc) is 2.80. The van der Waals surface area contributed by atoms with Gasteiger partial charge in [0.15, 0.2) is 0 Å². The van der Waals surface area contributed by atoms with Crippen LogP contribution in [-0.2, 0) is 0 Å². The SMILES string of the molecule is C=CCC1C=CC=CC1=C.c1cn[nH]n1. The van der Waals surface area contributed by atoms with E-state index in [0.717, 1.165) is 6.42 Å². The molecule has 1 aliphatic rings. The molecular weight excluding hydrogens is 186 g/mol. The standard InChI is InChI=1S/C10H12.C2H3N3/c1-3-6-10-8-5-4-7-9(10)2;1-2-4-5-3-1/h3-5,7-8,10H,1-2,6H2;1-2H,(H,3,4,5). The number of H-pyrrole nitrogens is 1. The van der Waals surface area contributed by atoms with Crippen LogP contribution in [0.3, 0.4) is 0 Å². The van der Waals surface area contributed by atoms with Gasteiger partial charge in [-0.1, -0.05) is 37.0 Å². The molecular formula is C12H15N3. The fourth-order valence-corrected chi connectivity index (χ4v) is 1.20. The molecule has 0 amide bonds. The van der Waals surface area contributed by atoms with Gasteiger partial charge in [0.2, 0.25) is 0 Å². The molecule has 1 aliphatic carbocycles. The van der Waals surface area contributed by atoms with E-state index >= 15 is 0 Å². The van der Waals surface area contributed by atoms with Crippen molar-refractivity contribution in [3.63, 3.8) is 0 Å². The van der Waals surface area contributed by atoms with E-state index in [-0.39, 0.29) is 0 Å². The highest BCUT2D eigenvalue weighted by Crippen LogP contribution is 2.19. The topological polar surface area (TPSA) is 41.6 Å². The summed E-state index contributed by atoms with van der Waals surface area (Å²) in [5, 5.41) is 9.33. The molecule has 1 N–H and O–H groups in total. The number of rotatable bonds is 2. The van der Waals surface area contributed by atoms with Crippen molar-refractivity contribution in [1.29, 1.82) is 0 Å². The van der Waals surface area contributed by atoms with Gasteiger partial charge in [-0.15, -0.1) is 6.58 Å². The van der Waals surface area contributed by atoms with Crippen molar-refractivity contribution >= 4 is 0 Å². The molecule has 0 aliphatic heterocycles. The molecule has 0 spiro atoms. The van der Waals surface area contributed by atoms with Gasteiger partial charge in [-0.2, -0.15) is 15.4 Å². The van der Waals surface area contributed by atoms with Crippen LogP contribution in [0.25, 0.3) is 0 Å². The Labute approximate surface area is 89.9 Å². The highest BCUT2D eigenvalue weighted by molar-refractivity contribution is 5.31. The number of nitrogens with one attached hydrogen (secondary N) is 1. The zero-order valence-corrected chi connectivity index (χ0v) is 8.63. The zero-order valence-electron chi connectivity index (χ0n) is 8.63. The van der Waals surface area contributed by atoms with E-state index in [9.17, 15) is 0 Å². The fraction of sp³-hybridized carbons (Fsp3) is 0.167. The summed E-state index contributed by atoms with van der Waals surface area (Å²) in [6.07, 6.45) is 14.4. The van der Waals surface area contributed by atoms with Crippen molar-refractivity contribution in [2.45, 2.75) is 6.42 Å². The summed E-state index contributed by atoms with van der Waals surface area (Å²) in [5.41, 5.74) is 1.18. The van der Waals surface area contributed by atoms with Gasteiger partial charge in [0, 0.05) is 5.92 Å².